The monoisotopic (exact) mass is 510 g/mol. The maximum absolute atomic E-state index is 13.8. The van der Waals surface area contributed by atoms with E-state index in [1.807, 2.05) is 60.7 Å². The van der Waals surface area contributed by atoms with Crippen molar-refractivity contribution in [1.29, 1.82) is 0 Å². The van der Waals surface area contributed by atoms with Crippen LogP contribution in [0.1, 0.15) is 41.5 Å². The Hall–Kier alpha value is -3.16. The zero-order valence-corrected chi connectivity index (χ0v) is 21.2. The van der Waals surface area contributed by atoms with Gasteiger partial charge in [0, 0.05) is 27.2 Å². The van der Waals surface area contributed by atoms with Gasteiger partial charge >= 0.3 is 6.18 Å². The molecule has 3 aromatic rings. The molecular formula is C30H33F3N2O2. The summed E-state index contributed by atoms with van der Waals surface area (Å²) in [5, 5.41) is 11.2. The molecule has 1 N–H and O–H groups in total. The summed E-state index contributed by atoms with van der Waals surface area (Å²) < 4.78 is 39.6. The van der Waals surface area contributed by atoms with Gasteiger partial charge in [-0.1, -0.05) is 72.8 Å². The van der Waals surface area contributed by atoms with Crippen molar-refractivity contribution in [2.45, 2.75) is 36.5 Å². The second-order valence-corrected chi connectivity index (χ2v) is 10.0. The highest BCUT2D eigenvalue weighted by molar-refractivity contribution is 5.91. The van der Waals surface area contributed by atoms with Gasteiger partial charge in [-0.05, 0) is 54.6 Å². The first-order valence-corrected chi connectivity index (χ1v) is 12.5. The highest BCUT2D eigenvalue weighted by Crippen LogP contribution is 2.40. The number of halogens is 3. The molecule has 0 radical (unpaired) electrons. The lowest BCUT2D eigenvalue weighted by molar-refractivity contribution is -0.138. The molecule has 0 aromatic heterocycles. The van der Waals surface area contributed by atoms with Crippen molar-refractivity contribution in [2.24, 2.45) is 0 Å². The van der Waals surface area contributed by atoms with Crippen LogP contribution in [0.3, 0.4) is 0 Å². The zero-order chi connectivity index (χ0) is 26.7. The molecule has 1 heterocycles. The Bertz CT molecular complexity index is 1150. The highest BCUT2D eigenvalue weighted by Gasteiger charge is 2.44. The molecule has 0 saturated carbocycles. The first-order valence-electron chi connectivity index (χ1n) is 12.5. The van der Waals surface area contributed by atoms with Gasteiger partial charge in [0.05, 0.1) is 11.2 Å². The van der Waals surface area contributed by atoms with Crippen LogP contribution in [0.4, 0.5) is 13.2 Å². The number of carbonyl (C=O) groups excluding carboxylic acids is 1. The van der Waals surface area contributed by atoms with Gasteiger partial charge in [-0.25, -0.2) is 0 Å². The third kappa shape index (κ3) is 5.58. The van der Waals surface area contributed by atoms with Gasteiger partial charge in [-0.2, -0.15) is 13.2 Å². The molecule has 4 nitrogen and oxygen atoms in total. The number of aliphatic hydroxyl groups is 1. The predicted octanol–water partition coefficient (Wildman–Crippen LogP) is 5.45. The van der Waals surface area contributed by atoms with E-state index in [-0.39, 0.29) is 5.91 Å². The quantitative estimate of drug-likeness (QED) is 0.460. The first kappa shape index (κ1) is 26.9. The second kappa shape index (κ2) is 10.7. The Morgan fingerprint density at radius 1 is 0.865 bits per heavy atom. The van der Waals surface area contributed by atoms with E-state index < -0.39 is 22.8 Å². The van der Waals surface area contributed by atoms with Crippen molar-refractivity contribution in [3.63, 3.8) is 0 Å². The van der Waals surface area contributed by atoms with E-state index in [1.54, 1.807) is 25.1 Å². The number of likely N-dealkylation sites (N-methyl/N-ethyl adjacent to an activating group) is 1. The van der Waals surface area contributed by atoms with Crippen LogP contribution in [-0.4, -0.2) is 54.5 Å². The molecular weight excluding hydrogens is 477 g/mol. The van der Waals surface area contributed by atoms with Crippen molar-refractivity contribution < 1.29 is 23.1 Å². The fourth-order valence-electron chi connectivity index (χ4n) is 5.38. The lowest BCUT2D eigenvalue weighted by atomic mass is 9.70. The average Bonchev–Trinajstić information content (AvgIpc) is 2.91. The molecule has 0 spiro atoms. The summed E-state index contributed by atoms with van der Waals surface area (Å²) in [6.07, 6.45) is -3.29. The summed E-state index contributed by atoms with van der Waals surface area (Å²) in [7, 11) is 3.53. The van der Waals surface area contributed by atoms with Gasteiger partial charge in [0.2, 0.25) is 5.91 Å². The van der Waals surface area contributed by atoms with E-state index in [9.17, 15) is 23.1 Å². The van der Waals surface area contributed by atoms with E-state index in [0.717, 1.165) is 23.3 Å². The summed E-state index contributed by atoms with van der Waals surface area (Å²) >= 11 is 0. The largest absolute Gasteiger partial charge is 0.416 e. The fourth-order valence-corrected chi connectivity index (χ4v) is 5.38. The maximum Gasteiger partial charge on any atom is 0.416 e. The van der Waals surface area contributed by atoms with E-state index in [2.05, 4.69) is 4.90 Å². The highest BCUT2D eigenvalue weighted by atomic mass is 19.4. The average molecular weight is 511 g/mol. The van der Waals surface area contributed by atoms with E-state index in [4.69, 9.17) is 0 Å². The van der Waals surface area contributed by atoms with E-state index in [1.165, 1.54) is 6.07 Å². The number of nitrogens with zero attached hydrogens (tertiary/aromatic N) is 2. The van der Waals surface area contributed by atoms with Crippen LogP contribution in [0.2, 0.25) is 0 Å². The minimum absolute atomic E-state index is 0.0117. The molecule has 196 valence electrons. The Kier molecular flexibility index (Phi) is 7.76. The molecule has 1 amide bonds. The predicted molar refractivity (Wildman–Crippen MR) is 138 cm³/mol. The van der Waals surface area contributed by atoms with Crippen LogP contribution in [0, 0.1) is 0 Å². The number of likely N-dealkylation sites (tertiary alicyclic amines) is 1. The Morgan fingerprint density at radius 2 is 1.38 bits per heavy atom. The summed E-state index contributed by atoms with van der Waals surface area (Å²) in [6.45, 7) is 1.63. The molecule has 1 fully saturated rings. The van der Waals surface area contributed by atoms with Crippen LogP contribution in [0.5, 0.6) is 0 Å². The third-order valence-electron chi connectivity index (χ3n) is 7.52. The smallest absolute Gasteiger partial charge is 0.385 e. The van der Waals surface area contributed by atoms with Gasteiger partial charge in [0.1, 0.15) is 5.41 Å². The molecule has 1 aliphatic rings. The molecule has 1 aliphatic heterocycles. The number of piperidine rings is 1. The topological polar surface area (TPSA) is 43.8 Å². The summed E-state index contributed by atoms with van der Waals surface area (Å²) in [6, 6.07) is 24.5. The van der Waals surface area contributed by atoms with Gasteiger partial charge in [-0.3, -0.25) is 4.79 Å². The molecule has 0 atom stereocenters. The van der Waals surface area contributed by atoms with Crippen molar-refractivity contribution in [3.8, 4) is 0 Å². The van der Waals surface area contributed by atoms with Crippen molar-refractivity contribution in [3.05, 3.63) is 107 Å². The first-order chi connectivity index (χ1) is 17.6. The van der Waals surface area contributed by atoms with Crippen molar-refractivity contribution in [2.75, 3.05) is 33.7 Å². The van der Waals surface area contributed by atoms with Crippen LogP contribution in [-0.2, 0) is 22.0 Å². The summed E-state index contributed by atoms with van der Waals surface area (Å²) in [5.41, 5.74) is -0.824. The van der Waals surface area contributed by atoms with Gasteiger partial charge in [-0.15, -0.1) is 0 Å². The number of hydrogen-bond acceptors (Lipinski definition) is 3. The van der Waals surface area contributed by atoms with Crippen LogP contribution in [0.25, 0.3) is 0 Å². The van der Waals surface area contributed by atoms with Gasteiger partial charge in [0.15, 0.2) is 0 Å². The minimum Gasteiger partial charge on any atom is -0.385 e. The van der Waals surface area contributed by atoms with Crippen LogP contribution < -0.4 is 0 Å². The van der Waals surface area contributed by atoms with Crippen LogP contribution in [0.15, 0.2) is 84.9 Å². The number of amides is 1. The third-order valence-corrected chi connectivity index (χ3v) is 7.52. The molecule has 7 heteroatoms. The Labute approximate surface area is 216 Å². The Morgan fingerprint density at radius 3 is 1.86 bits per heavy atom. The Balaban J connectivity index is 1.56. The standard InChI is InChI=1S/C30H33F3N2O2/c1-34(2)27(36)29(23-10-5-3-6-11-23,24-12-7-4-8-13-24)18-21-35-19-16-28(37,17-20-35)25-14-9-15-26(22-25)30(31,32)33/h3-15,22,37H,16-21H2,1-2H3. The number of benzene rings is 3. The maximum atomic E-state index is 13.8. The number of rotatable bonds is 7. The lowest BCUT2D eigenvalue weighted by Gasteiger charge is -2.41. The molecule has 0 aliphatic carbocycles. The second-order valence-electron chi connectivity index (χ2n) is 10.0. The van der Waals surface area contributed by atoms with Gasteiger partial charge in [0.25, 0.3) is 0 Å². The zero-order valence-electron chi connectivity index (χ0n) is 21.2. The molecule has 0 unspecified atom stereocenters. The molecule has 37 heavy (non-hydrogen) atoms. The summed E-state index contributed by atoms with van der Waals surface area (Å²) in [5.74, 6) is -0.0117. The number of alkyl halides is 3. The lowest BCUT2D eigenvalue weighted by Crippen LogP contribution is -2.48. The molecule has 0 bridgehead atoms. The molecule has 1 saturated heterocycles. The van der Waals surface area contributed by atoms with Crippen molar-refractivity contribution in [1.82, 2.24) is 9.80 Å². The fraction of sp³-hybridized carbons (Fsp3) is 0.367. The molecule has 3 aromatic carbocycles. The SMILES string of the molecule is CN(C)C(=O)C(CCN1CCC(O)(c2cccc(C(F)(F)F)c2)CC1)(c1ccccc1)c1ccccc1. The van der Waals surface area contributed by atoms with E-state index in [0.29, 0.717) is 44.5 Å². The normalized spacial score (nSPS) is 16.4. The number of carbonyl (C=O) groups is 1. The van der Waals surface area contributed by atoms with Gasteiger partial charge < -0.3 is 14.9 Å². The van der Waals surface area contributed by atoms with Crippen LogP contribution >= 0.6 is 0 Å². The summed E-state index contributed by atoms with van der Waals surface area (Å²) in [4.78, 5) is 17.6. The number of hydrogen-bond donors (Lipinski definition) is 1. The van der Waals surface area contributed by atoms with E-state index >= 15 is 0 Å². The molecule has 4 rings (SSSR count). The minimum atomic E-state index is -4.45. The van der Waals surface area contributed by atoms with Crippen molar-refractivity contribution >= 4 is 5.91 Å².